The molecule has 0 aromatic heterocycles. The van der Waals surface area contributed by atoms with Gasteiger partial charge >= 0.3 is 0 Å². The molecule has 1 fully saturated rings. The minimum Gasteiger partial charge on any atom is -0.371 e. The molecule has 4 nitrogen and oxygen atoms in total. The molecular weight excluding hydrogens is 310 g/mol. The van der Waals surface area contributed by atoms with E-state index < -0.39 is 5.54 Å². The lowest BCUT2D eigenvalue weighted by molar-refractivity contribution is -0.137. The summed E-state index contributed by atoms with van der Waals surface area (Å²) in [6.07, 6.45) is 1.92. The van der Waals surface area contributed by atoms with E-state index in [9.17, 15) is 4.79 Å². The van der Waals surface area contributed by atoms with E-state index in [1.807, 2.05) is 48.2 Å². The number of carbonyl (C=O) groups is 1. The van der Waals surface area contributed by atoms with E-state index in [1.165, 1.54) is 5.69 Å². The first-order valence-corrected chi connectivity index (χ1v) is 8.92. The van der Waals surface area contributed by atoms with Crippen LogP contribution >= 0.6 is 0 Å². The molecule has 0 spiro atoms. The molecule has 1 saturated heterocycles. The maximum Gasteiger partial charge on any atom is 0.246 e. The van der Waals surface area contributed by atoms with Crippen molar-refractivity contribution in [3.05, 3.63) is 66.2 Å². The summed E-state index contributed by atoms with van der Waals surface area (Å²) in [4.78, 5) is 17.2. The van der Waals surface area contributed by atoms with Gasteiger partial charge in [0.1, 0.15) is 5.54 Å². The van der Waals surface area contributed by atoms with E-state index in [0.717, 1.165) is 31.5 Å². The molecule has 2 N–H and O–H groups in total. The van der Waals surface area contributed by atoms with E-state index in [-0.39, 0.29) is 5.91 Å². The number of carbonyl (C=O) groups excluding carboxylic acids is 1. The van der Waals surface area contributed by atoms with Crippen molar-refractivity contribution >= 4 is 11.6 Å². The van der Waals surface area contributed by atoms with Crippen molar-refractivity contribution in [1.29, 1.82) is 0 Å². The Morgan fingerprint density at radius 2 is 1.56 bits per heavy atom. The fourth-order valence-corrected chi connectivity index (χ4v) is 3.57. The Morgan fingerprint density at radius 3 is 2.12 bits per heavy atom. The zero-order chi connectivity index (χ0) is 17.9. The molecule has 0 aliphatic carbocycles. The minimum atomic E-state index is -0.973. The van der Waals surface area contributed by atoms with Gasteiger partial charge in [-0.3, -0.25) is 4.79 Å². The highest BCUT2D eigenvalue weighted by Crippen LogP contribution is 2.25. The predicted molar refractivity (Wildman–Crippen MR) is 102 cm³/mol. The van der Waals surface area contributed by atoms with Crippen LogP contribution in [0.5, 0.6) is 0 Å². The number of para-hydroxylation sites is 1. The highest BCUT2D eigenvalue weighted by Gasteiger charge is 2.36. The second-order valence-electron chi connectivity index (χ2n) is 7.04. The molecule has 1 aliphatic rings. The lowest BCUT2D eigenvalue weighted by Crippen LogP contribution is -2.54. The van der Waals surface area contributed by atoms with Crippen LogP contribution < -0.4 is 10.6 Å². The van der Waals surface area contributed by atoms with Crippen molar-refractivity contribution in [2.75, 3.05) is 25.0 Å². The van der Waals surface area contributed by atoms with Crippen LogP contribution in [0.2, 0.25) is 0 Å². The SMILES string of the molecule is CN(c1ccccc1)C1CCN(C(=O)C(C)(N)c2ccccc2)CC1. The highest BCUT2D eigenvalue weighted by atomic mass is 16.2. The van der Waals surface area contributed by atoms with Gasteiger partial charge in [-0.15, -0.1) is 0 Å². The largest absolute Gasteiger partial charge is 0.371 e. The Bertz CT molecular complexity index is 692. The number of rotatable bonds is 4. The molecule has 1 unspecified atom stereocenters. The first-order valence-electron chi connectivity index (χ1n) is 8.92. The quantitative estimate of drug-likeness (QED) is 0.933. The summed E-state index contributed by atoms with van der Waals surface area (Å²) in [5.74, 6) is 0.0134. The van der Waals surface area contributed by atoms with Gasteiger partial charge < -0.3 is 15.5 Å². The molecule has 4 heteroatoms. The van der Waals surface area contributed by atoms with Gasteiger partial charge in [0.15, 0.2) is 0 Å². The van der Waals surface area contributed by atoms with Crippen molar-refractivity contribution in [3.8, 4) is 0 Å². The molecule has 2 aromatic rings. The molecule has 1 amide bonds. The standard InChI is InChI=1S/C21H27N3O/c1-21(22,17-9-5-3-6-10-17)20(25)24-15-13-19(14-16-24)23(2)18-11-7-4-8-12-18/h3-12,19H,13-16,22H2,1-2H3. The summed E-state index contributed by atoms with van der Waals surface area (Å²) in [6, 6.07) is 20.5. The molecule has 132 valence electrons. The van der Waals surface area contributed by atoms with Crippen LogP contribution in [0.15, 0.2) is 60.7 Å². The predicted octanol–water partition coefficient (Wildman–Crippen LogP) is 2.99. The van der Waals surface area contributed by atoms with Gasteiger partial charge in [-0.05, 0) is 37.5 Å². The lowest BCUT2D eigenvalue weighted by Gasteiger charge is -2.40. The fraction of sp³-hybridized carbons (Fsp3) is 0.381. The molecule has 3 rings (SSSR count). The minimum absolute atomic E-state index is 0.0134. The van der Waals surface area contributed by atoms with Crippen molar-refractivity contribution in [2.45, 2.75) is 31.3 Å². The summed E-state index contributed by atoms with van der Waals surface area (Å²) in [5, 5.41) is 0. The van der Waals surface area contributed by atoms with Crippen LogP contribution in [0, 0.1) is 0 Å². The number of nitrogens with zero attached hydrogens (tertiary/aromatic N) is 2. The van der Waals surface area contributed by atoms with Gasteiger partial charge in [0.05, 0.1) is 0 Å². The third kappa shape index (κ3) is 3.69. The highest BCUT2D eigenvalue weighted by molar-refractivity contribution is 5.87. The summed E-state index contributed by atoms with van der Waals surface area (Å²) in [6.45, 7) is 3.31. The normalized spacial score (nSPS) is 17.8. The molecule has 1 aliphatic heterocycles. The lowest BCUT2D eigenvalue weighted by atomic mass is 9.90. The molecule has 25 heavy (non-hydrogen) atoms. The Labute approximate surface area is 150 Å². The third-order valence-electron chi connectivity index (χ3n) is 5.28. The van der Waals surface area contributed by atoms with E-state index in [2.05, 4.69) is 36.2 Å². The van der Waals surface area contributed by atoms with Gasteiger partial charge in [0.2, 0.25) is 5.91 Å². The Hall–Kier alpha value is -2.33. The van der Waals surface area contributed by atoms with Crippen LogP contribution in [-0.4, -0.2) is 37.0 Å². The summed E-state index contributed by atoms with van der Waals surface area (Å²) in [7, 11) is 2.13. The Morgan fingerprint density at radius 1 is 1.04 bits per heavy atom. The van der Waals surface area contributed by atoms with Gasteiger partial charge in [-0.1, -0.05) is 48.5 Å². The van der Waals surface area contributed by atoms with Gasteiger partial charge in [0, 0.05) is 31.9 Å². The number of piperidine rings is 1. The maximum absolute atomic E-state index is 13.0. The molecule has 0 radical (unpaired) electrons. The van der Waals surface area contributed by atoms with Crippen LogP contribution in [0.25, 0.3) is 0 Å². The number of anilines is 1. The van der Waals surface area contributed by atoms with Crippen LogP contribution in [-0.2, 0) is 10.3 Å². The van der Waals surface area contributed by atoms with E-state index in [1.54, 1.807) is 0 Å². The fourth-order valence-electron chi connectivity index (χ4n) is 3.57. The number of hydrogen-bond donors (Lipinski definition) is 1. The molecular formula is C21H27N3O. The topological polar surface area (TPSA) is 49.6 Å². The van der Waals surface area contributed by atoms with E-state index in [0.29, 0.717) is 6.04 Å². The van der Waals surface area contributed by atoms with Crippen LogP contribution in [0.1, 0.15) is 25.3 Å². The first kappa shape index (κ1) is 17.5. The first-order chi connectivity index (χ1) is 12.0. The van der Waals surface area contributed by atoms with E-state index in [4.69, 9.17) is 5.73 Å². The molecule has 1 heterocycles. The zero-order valence-electron chi connectivity index (χ0n) is 15.1. The second kappa shape index (κ2) is 7.28. The molecule has 0 bridgehead atoms. The second-order valence-corrected chi connectivity index (χ2v) is 7.04. The average Bonchev–Trinajstić information content (AvgIpc) is 2.68. The van der Waals surface area contributed by atoms with Crippen molar-refractivity contribution in [1.82, 2.24) is 4.90 Å². The maximum atomic E-state index is 13.0. The monoisotopic (exact) mass is 337 g/mol. The number of amides is 1. The number of nitrogens with two attached hydrogens (primary N) is 1. The van der Waals surface area contributed by atoms with Gasteiger partial charge in [-0.25, -0.2) is 0 Å². The third-order valence-corrected chi connectivity index (χ3v) is 5.28. The summed E-state index contributed by atoms with van der Waals surface area (Å²) < 4.78 is 0. The van der Waals surface area contributed by atoms with Crippen molar-refractivity contribution in [2.24, 2.45) is 5.73 Å². The van der Waals surface area contributed by atoms with E-state index >= 15 is 0 Å². The number of benzene rings is 2. The summed E-state index contributed by atoms with van der Waals surface area (Å²) in [5.41, 5.74) is 7.51. The zero-order valence-corrected chi connectivity index (χ0v) is 15.1. The average molecular weight is 337 g/mol. The number of likely N-dealkylation sites (tertiary alicyclic amines) is 1. The van der Waals surface area contributed by atoms with Crippen molar-refractivity contribution in [3.63, 3.8) is 0 Å². The summed E-state index contributed by atoms with van der Waals surface area (Å²) >= 11 is 0. The van der Waals surface area contributed by atoms with Crippen LogP contribution in [0.4, 0.5) is 5.69 Å². The molecule has 0 saturated carbocycles. The Kier molecular flexibility index (Phi) is 5.09. The Balaban J connectivity index is 1.63. The van der Waals surface area contributed by atoms with Gasteiger partial charge in [0.25, 0.3) is 0 Å². The molecule has 1 atom stereocenters. The number of hydrogen-bond acceptors (Lipinski definition) is 3. The smallest absolute Gasteiger partial charge is 0.246 e. The molecule has 2 aromatic carbocycles. The van der Waals surface area contributed by atoms with Crippen molar-refractivity contribution < 1.29 is 4.79 Å². The van der Waals surface area contributed by atoms with Crippen LogP contribution in [0.3, 0.4) is 0 Å². The van der Waals surface area contributed by atoms with Gasteiger partial charge in [-0.2, -0.15) is 0 Å².